The van der Waals surface area contributed by atoms with Gasteiger partial charge >= 0.3 is 5.69 Å². The lowest BCUT2D eigenvalue weighted by Gasteiger charge is -2.12. The SMILES string of the molecule is CCSc1nc(=O)n(-c2ccc(F)cc2OC)c2sccc12. The van der Waals surface area contributed by atoms with Crippen LogP contribution in [0.15, 0.2) is 39.5 Å². The summed E-state index contributed by atoms with van der Waals surface area (Å²) in [5, 5.41) is 3.56. The molecule has 0 spiro atoms. The molecule has 0 fully saturated rings. The summed E-state index contributed by atoms with van der Waals surface area (Å²) >= 11 is 2.98. The highest BCUT2D eigenvalue weighted by atomic mass is 32.2. The molecular weight excluding hydrogens is 323 g/mol. The van der Waals surface area contributed by atoms with Crippen LogP contribution in [0.3, 0.4) is 0 Å². The minimum atomic E-state index is -0.415. The van der Waals surface area contributed by atoms with Gasteiger partial charge in [0.1, 0.15) is 21.4 Å². The number of halogens is 1. The van der Waals surface area contributed by atoms with Crippen LogP contribution in [0.4, 0.5) is 4.39 Å². The highest BCUT2D eigenvalue weighted by Crippen LogP contribution is 2.32. The van der Waals surface area contributed by atoms with Crippen molar-refractivity contribution >= 4 is 33.3 Å². The minimum absolute atomic E-state index is 0.300. The summed E-state index contributed by atoms with van der Waals surface area (Å²) in [6, 6.07) is 6.04. The smallest absolute Gasteiger partial charge is 0.354 e. The first-order valence-electron chi connectivity index (χ1n) is 6.62. The van der Waals surface area contributed by atoms with Crippen LogP contribution in [-0.2, 0) is 0 Å². The maximum atomic E-state index is 13.4. The topological polar surface area (TPSA) is 44.1 Å². The van der Waals surface area contributed by atoms with Crippen LogP contribution in [0, 0.1) is 5.82 Å². The predicted molar refractivity (Wildman–Crippen MR) is 88.1 cm³/mol. The van der Waals surface area contributed by atoms with Crippen molar-refractivity contribution in [2.45, 2.75) is 11.9 Å². The molecule has 0 atom stereocenters. The van der Waals surface area contributed by atoms with E-state index in [-0.39, 0.29) is 0 Å². The van der Waals surface area contributed by atoms with Gasteiger partial charge in [-0.25, -0.2) is 13.8 Å². The van der Waals surface area contributed by atoms with Gasteiger partial charge in [-0.05, 0) is 29.3 Å². The van der Waals surface area contributed by atoms with Gasteiger partial charge in [0.05, 0.1) is 12.8 Å². The average Bonchev–Trinajstić information content (AvgIpc) is 2.98. The summed E-state index contributed by atoms with van der Waals surface area (Å²) < 4.78 is 20.1. The Labute approximate surface area is 134 Å². The molecule has 7 heteroatoms. The van der Waals surface area contributed by atoms with Crippen molar-refractivity contribution in [1.82, 2.24) is 9.55 Å². The standard InChI is InChI=1S/C15H13FN2O2S2/c1-3-21-13-10-6-7-22-14(10)18(15(19)17-13)11-5-4-9(16)8-12(11)20-2/h4-8H,3H2,1-2H3. The first-order chi connectivity index (χ1) is 10.7. The van der Waals surface area contributed by atoms with E-state index in [0.717, 1.165) is 21.0 Å². The Bertz CT molecular complexity index is 889. The molecule has 0 unspecified atom stereocenters. The third kappa shape index (κ3) is 2.50. The Morgan fingerprint density at radius 1 is 1.41 bits per heavy atom. The van der Waals surface area contributed by atoms with E-state index in [1.54, 1.807) is 0 Å². The number of ether oxygens (including phenoxy) is 1. The van der Waals surface area contributed by atoms with E-state index < -0.39 is 11.5 Å². The highest BCUT2D eigenvalue weighted by molar-refractivity contribution is 7.99. The summed E-state index contributed by atoms with van der Waals surface area (Å²) in [5.74, 6) is 0.720. The molecule has 0 amide bonds. The number of hydrogen-bond acceptors (Lipinski definition) is 5. The summed E-state index contributed by atoms with van der Waals surface area (Å²) in [6.45, 7) is 2.01. The van der Waals surface area contributed by atoms with Gasteiger partial charge in [0.25, 0.3) is 0 Å². The molecule has 3 rings (SSSR count). The van der Waals surface area contributed by atoms with Gasteiger partial charge in [-0.2, -0.15) is 4.98 Å². The zero-order valence-electron chi connectivity index (χ0n) is 12.0. The number of hydrogen-bond donors (Lipinski definition) is 0. The zero-order valence-corrected chi connectivity index (χ0v) is 13.6. The molecule has 0 N–H and O–H groups in total. The van der Waals surface area contributed by atoms with E-state index in [1.165, 1.54) is 53.0 Å². The van der Waals surface area contributed by atoms with Crippen molar-refractivity contribution in [2.75, 3.05) is 12.9 Å². The van der Waals surface area contributed by atoms with Gasteiger partial charge in [0, 0.05) is 11.5 Å². The minimum Gasteiger partial charge on any atom is -0.494 e. The summed E-state index contributed by atoms with van der Waals surface area (Å²) in [4.78, 5) is 17.4. The quantitative estimate of drug-likeness (QED) is 0.538. The number of nitrogens with zero attached hydrogens (tertiary/aromatic N) is 2. The van der Waals surface area contributed by atoms with Crippen molar-refractivity contribution in [1.29, 1.82) is 0 Å². The molecule has 0 radical (unpaired) electrons. The average molecular weight is 336 g/mol. The van der Waals surface area contributed by atoms with Crippen LogP contribution in [0.2, 0.25) is 0 Å². The van der Waals surface area contributed by atoms with E-state index in [4.69, 9.17) is 4.74 Å². The van der Waals surface area contributed by atoms with Crippen LogP contribution in [-0.4, -0.2) is 22.4 Å². The Balaban J connectivity index is 2.33. The van der Waals surface area contributed by atoms with Crippen molar-refractivity contribution < 1.29 is 9.13 Å². The van der Waals surface area contributed by atoms with Gasteiger partial charge < -0.3 is 4.74 Å². The molecular formula is C15H13FN2O2S2. The molecule has 2 aromatic heterocycles. The van der Waals surface area contributed by atoms with Crippen molar-refractivity contribution in [3.8, 4) is 11.4 Å². The number of methoxy groups -OCH3 is 1. The Morgan fingerprint density at radius 2 is 2.23 bits per heavy atom. The van der Waals surface area contributed by atoms with Crippen LogP contribution in [0.1, 0.15) is 6.92 Å². The van der Waals surface area contributed by atoms with Crippen LogP contribution in [0.5, 0.6) is 5.75 Å². The molecule has 0 aliphatic carbocycles. The number of thiophene rings is 1. The number of rotatable bonds is 4. The number of benzene rings is 1. The fraction of sp³-hybridized carbons (Fsp3) is 0.200. The Kier molecular flexibility index (Phi) is 4.17. The third-order valence-electron chi connectivity index (χ3n) is 3.13. The molecule has 0 saturated carbocycles. The van der Waals surface area contributed by atoms with Gasteiger partial charge in [-0.1, -0.05) is 6.92 Å². The number of fused-ring (bicyclic) bond motifs is 1. The molecule has 4 nitrogen and oxygen atoms in total. The lowest BCUT2D eigenvalue weighted by atomic mass is 10.2. The molecule has 2 heterocycles. The summed E-state index contributed by atoms with van der Waals surface area (Å²) in [7, 11) is 1.45. The number of thioether (sulfide) groups is 1. The summed E-state index contributed by atoms with van der Waals surface area (Å²) in [6.07, 6.45) is 0. The maximum absolute atomic E-state index is 13.4. The first-order valence-corrected chi connectivity index (χ1v) is 8.49. The highest BCUT2D eigenvalue weighted by Gasteiger charge is 2.16. The second-order valence-corrected chi connectivity index (χ2v) is 6.57. The largest absolute Gasteiger partial charge is 0.494 e. The van der Waals surface area contributed by atoms with Crippen LogP contribution >= 0.6 is 23.1 Å². The number of aromatic nitrogens is 2. The second-order valence-electron chi connectivity index (χ2n) is 4.42. The first kappa shape index (κ1) is 15.1. The van der Waals surface area contributed by atoms with Crippen molar-refractivity contribution in [3.05, 3.63) is 45.9 Å². The molecule has 0 saturated heterocycles. The monoisotopic (exact) mass is 336 g/mol. The summed E-state index contributed by atoms with van der Waals surface area (Å²) in [5.41, 5.74) is 0.0951. The van der Waals surface area contributed by atoms with Gasteiger partial charge in [0.15, 0.2) is 0 Å². The van der Waals surface area contributed by atoms with Crippen LogP contribution < -0.4 is 10.4 Å². The molecule has 0 aliphatic heterocycles. The molecule has 3 aromatic rings. The van der Waals surface area contributed by atoms with Gasteiger partial charge in [-0.15, -0.1) is 23.1 Å². The molecule has 1 aromatic carbocycles. The molecule has 22 heavy (non-hydrogen) atoms. The predicted octanol–water partition coefficient (Wildman–Crippen LogP) is 3.71. The zero-order chi connectivity index (χ0) is 15.7. The van der Waals surface area contributed by atoms with E-state index in [0.29, 0.717) is 11.4 Å². The molecule has 0 bridgehead atoms. The Hall–Kier alpha value is -1.86. The third-order valence-corrected chi connectivity index (χ3v) is 4.90. The maximum Gasteiger partial charge on any atom is 0.354 e. The van der Waals surface area contributed by atoms with E-state index in [9.17, 15) is 9.18 Å². The van der Waals surface area contributed by atoms with E-state index in [1.807, 2.05) is 18.4 Å². The fourth-order valence-corrected chi connectivity index (χ4v) is 3.92. The normalized spacial score (nSPS) is 11.0. The van der Waals surface area contributed by atoms with Gasteiger partial charge in [0.2, 0.25) is 0 Å². The second kappa shape index (κ2) is 6.10. The lowest BCUT2D eigenvalue weighted by molar-refractivity contribution is 0.409. The van der Waals surface area contributed by atoms with Crippen LogP contribution in [0.25, 0.3) is 15.9 Å². The van der Waals surface area contributed by atoms with Crippen molar-refractivity contribution in [2.24, 2.45) is 0 Å². The lowest BCUT2D eigenvalue weighted by Crippen LogP contribution is -2.22. The van der Waals surface area contributed by atoms with Crippen molar-refractivity contribution in [3.63, 3.8) is 0 Å². The van der Waals surface area contributed by atoms with Gasteiger partial charge in [-0.3, -0.25) is 0 Å². The Morgan fingerprint density at radius 3 is 2.95 bits per heavy atom. The fourth-order valence-electron chi connectivity index (χ4n) is 2.22. The molecule has 0 aliphatic rings. The van der Waals surface area contributed by atoms with E-state index in [2.05, 4.69) is 4.98 Å². The van der Waals surface area contributed by atoms with E-state index >= 15 is 0 Å². The molecule has 114 valence electrons.